The molecule has 6 N–H and O–H groups in total. The fourth-order valence-electron chi connectivity index (χ4n) is 1.83. The van der Waals surface area contributed by atoms with Gasteiger partial charge >= 0.3 is 0 Å². The van der Waals surface area contributed by atoms with E-state index in [0.29, 0.717) is 24.5 Å². The van der Waals surface area contributed by atoms with Gasteiger partial charge in [-0.3, -0.25) is 0 Å². The number of aromatic hydroxyl groups is 1. The molecule has 0 radical (unpaired) electrons. The van der Waals surface area contributed by atoms with Crippen LogP contribution in [0.25, 0.3) is 0 Å². The number of rotatable bonds is 10. The molecular weight excluding hydrogens is 360 g/mol. The fourth-order valence-corrected chi connectivity index (χ4v) is 2.47. The fraction of sp³-hybridized carbons (Fsp3) is 0.438. The number of hydrogen-bond acceptors (Lipinski definition) is 5. The van der Waals surface area contributed by atoms with Crippen LogP contribution in [0.15, 0.2) is 24.3 Å². The SMILES string of the molecule is NCCCNC(=S)CCNC(=S)CCNC(=S)c1ccc(O)cc1. The molecule has 5 nitrogen and oxygen atoms in total. The lowest BCUT2D eigenvalue weighted by Crippen LogP contribution is -2.32. The first-order chi connectivity index (χ1) is 11.5. The zero-order valence-electron chi connectivity index (χ0n) is 13.5. The highest BCUT2D eigenvalue weighted by molar-refractivity contribution is 7.81. The van der Waals surface area contributed by atoms with Crippen molar-refractivity contribution in [2.45, 2.75) is 19.3 Å². The molecule has 0 atom stereocenters. The first kappa shape index (κ1) is 20.7. The maximum Gasteiger partial charge on any atom is 0.115 e. The first-order valence-electron chi connectivity index (χ1n) is 7.83. The second-order valence-electron chi connectivity index (χ2n) is 5.14. The quantitative estimate of drug-likeness (QED) is 0.308. The lowest BCUT2D eigenvalue weighted by Gasteiger charge is -2.11. The Morgan fingerprint density at radius 1 is 0.875 bits per heavy atom. The molecule has 0 aliphatic heterocycles. The number of benzene rings is 1. The van der Waals surface area contributed by atoms with Crippen LogP contribution in [0.1, 0.15) is 24.8 Å². The van der Waals surface area contributed by atoms with Crippen LogP contribution in [0.3, 0.4) is 0 Å². The molecule has 0 heterocycles. The van der Waals surface area contributed by atoms with Gasteiger partial charge in [0.2, 0.25) is 0 Å². The maximum absolute atomic E-state index is 9.26. The Morgan fingerprint density at radius 2 is 1.42 bits per heavy atom. The van der Waals surface area contributed by atoms with Gasteiger partial charge in [-0.05, 0) is 37.2 Å². The summed E-state index contributed by atoms with van der Waals surface area (Å²) in [4.78, 5) is 2.24. The molecule has 0 aromatic heterocycles. The Labute approximate surface area is 159 Å². The van der Waals surface area contributed by atoms with Crippen LogP contribution >= 0.6 is 36.7 Å². The minimum atomic E-state index is 0.224. The molecular formula is C16H24N4OS3. The minimum Gasteiger partial charge on any atom is -0.508 e. The predicted molar refractivity (Wildman–Crippen MR) is 112 cm³/mol. The molecule has 0 bridgehead atoms. The van der Waals surface area contributed by atoms with E-state index in [1.165, 1.54) is 0 Å². The number of nitrogens with one attached hydrogen (secondary N) is 3. The van der Waals surface area contributed by atoms with E-state index >= 15 is 0 Å². The van der Waals surface area contributed by atoms with E-state index in [2.05, 4.69) is 16.0 Å². The van der Waals surface area contributed by atoms with Crippen LogP contribution in [0.2, 0.25) is 0 Å². The summed E-state index contributed by atoms with van der Waals surface area (Å²) >= 11 is 15.8. The van der Waals surface area contributed by atoms with Crippen molar-refractivity contribution in [1.29, 1.82) is 0 Å². The van der Waals surface area contributed by atoms with Crippen LogP contribution in [0, 0.1) is 0 Å². The molecule has 0 saturated heterocycles. The van der Waals surface area contributed by atoms with Gasteiger partial charge in [-0.25, -0.2) is 0 Å². The average molecular weight is 385 g/mol. The molecule has 0 amide bonds. The van der Waals surface area contributed by atoms with E-state index in [4.69, 9.17) is 42.4 Å². The number of phenolic OH excluding ortho intramolecular Hbond substituents is 1. The van der Waals surface area contributed by atoms with Gasteiger partial charge in [0.1, 0.15) is 10.7 Å². The van der Waals surface area contributed by atoms with Gasteiger partial charge < -0.3 is 26.8 Å². The minimum absolute atomic E-state index is 0.224. The third kappa shape index (κ3) is 9.07. The summed E-state index contributed by atoms with van der Waals surface area (Å²) in [5.41, 5.74) is 6.30. The third-order valence-corrected chi connectivity index (χ3v) is 4.22. The molecule has 1 aromatic carbocycles. The zero-order valence-corrected chi connectivity index (χ0v) is 16.0. The summed E-state index contributed by atoms with van der Waals surface area (Å²) in [5.74, 6) is 0.224. The van der Waals surface area contributed by atoms with Gasteiger partial charge in [-0.15, -0.1) is 0 Å². The van der Waals surface area contributed by atoms with E-state index < -0.39 is 0 Å². The maximum atomic E-state index is 9.26. The average Bonchev–Trinajstić information content (AvgIpc) is 2.55. The Morgan fingerprint density at radius 3 is 2.00 bits per heavy atom. The molecule has 0 unspecified atom stereocenters. The van der Waals surface area contributed by atoms with Crippen molar-refractivity contribution in [3.63, 3.8) is 0 Å². The molecule has 0 aliphatic carbocycles. The molecule has 132 valence electrons. The highest BCUT2D eigenvalue weighted by Gasteiger charge is 2.02. The monoisotopic (exact) mass is 384 g/mol. The predicted octanol–water partition coefficient (Wildman–Crippen LogP) is 1.62. The summed E-state index contributed by atoms with van der Waals surface area (Å²) in [7, 11) is 0. The van der Waals surface area contributed by atoms with Crippen molar-refractivity contribution < 1.29 is 5.11 Å². The highest BCUT2D eigenvalue weighted by atomic mass is 32.1. The lowest BCUT2D eigenvalue weighted by molar-refractivity contribution is 0.475. The van der Waals surface area contributed by atoms with Gasteiger partial charge in [0.25, 0.3) is 0 Å². The van der Waals surface area contributed by atoms with E-state index in [-0.39, 0.29) is 5.75 Å². The molecule has 1 aromatic rings. The largest absolute Gasteiger partial charge is 0.508 e. The zero-order chi connectivity index (χ0) is 17.8. The van der Waals surface area contributed by atoms with E-state index in [1.54, 1.807) is 24.3 Å². The number of phenols is 1. The summed E-state index contributed by atoms with van der Waals surface area (Å²) in [6.45, 7) is 2.86. The normalized spacial score (nSPS) is 10.0. The van der Waals surface area contributed by atoms with Crippen LogP contribution in [-0.4, -0.2) is 46.3 Å². The first-order valence-corrected chi connectivity index (χ1v) is 9.06. The van der Waals surface area contributed by atoms with Crippen LogP contribution in [0.5, 0.6) is 5.75 Å². The smallest absolute Gasteiger partial charge is 0.115 e. The Kier molecular flexibility index (Phi) is 10.4. The van der Waals surface area contributed by atoms with Crippen LogP contribution in [-0.2, 0) is 0 Å². The molecule has 0 spiro atoms. The van der Waals surface area contributed by atoms with Crippen molar-refractivity contribution in [1.82, 2.24) is 16.0 Å². The van der Waals surface area contributed by atoms with Gasteiger partial charge in [-0.2, -0.15) is 0 Å². The molecule has 0 saturated carbocycles. The van der Waals surface area contributed by atoms with Gasteiger partial charge in [0.15, 0.2) is 0 Å². The van der Waals surface area contributed by atoms with Crippen molar-refractivity contribution in [2.24, 2.45) is 5.73 Å². The summed E-state index contributed by atoms with van der Waals surface area (Å²) in [6.07, 6.45) is 2.36. The molecule has 24 heavy (non-hydrogen) atoms. The molecule has 0 aliphatic rings. The Bertz CT molecular complexity index is 549. The van der Waals surface area contributed by atoms with Crippen LogP contribution < -0.4 is 21.7 Å². The lowest BCUT2D eigenvalue weighted by atomic mass is 10.2. The molecule has 0 fully saturated rings. The summed E-state index contributed by atoms with van der Waals surface area (Å²) in [6, 6.07) is 6.78. The highest BCUT2D eigenvalue weighted by Crippen LogP contribution is 2.09. The topological polar surface area (TPSA) is 82.3 Å². The van der Waals surface area contributed by atoms with Gasteiger partial charge in [0, 0.05) is 38.0 Å². The summed E-state index contributed by atoms with van der Waals surface area (Å²) in [5, 5.41) is 18.8. The summed E-state index contributed by atoms with van der Waals surface area (Å²) < 4.78 is 0. The van der Waals surface area contributed by atoms with Crippen molar-refractivity contribution in [2.75, 3.05) is 26.2 Å². The molecule has 8 heteroatoms. The number of thiocarbonyl (C=S) groups is 3. The van der Waals surface area contributed by atoms with Gasteiger partial charge in [0.05, 0.1) is 9.98 Å². The van der Waals surface area contributed by atoms with E-state index in [0.717, 1.165) is 41.5 Å². The molecule has 1 rings (SSSR count). The van der Waals surface area contributed by atoms with Crippen molar-refractivity contribution >= 4 is 51.6 Å². The number of nitrogens with two attached hydrogens (primary N) is 1. The number of hydrogen-bond donors (Lipinski definition) is 5. The standard InChI is InChI=1S/C16H24N4OS3/c17-8-1-9-18-14(22)6-10-19-15(23)7-11-20-16(24)12-2-4-13(21)5-3-12/h2-5,21H,1,6-11,17H2,(H,18,22)(H,19,23)(H,20,24). The van der Waals surface area contributed by atoms with Crippen molar-refractivity contribution in [3.05, 3.63) is 29.8 Å². The van der Waals surface area contributed by atoms with E-state index in [9.17, 15) is 5.11 Å². The van der Waals surface area contributed by atoms with Gasteiger partial charge in [-0.1, -0.05) is 36.7 Å². The Hall–Kier alpha value is -1.35. The third-order valence-electron chi connectivity index (χ3n) is 3.14. The van der Waals surface area contributed by atoms with Crippen LogP contribution in [0.4, 0.5) is 0 Å². The second-order valence-corrected chi connectivity index (χ2v) is 6.54. The van der Waals surface area contributed by atoms with E-state index in [1.807, 2.05) is 0 Å². The van der Waals surface area contributed by atoms with Crippen molar-refractivity contribution in [3.8, 4) is 5.75 Å². The second kappa shape index (κ2) is 12.1. The Balaban J connectivity index is 2.12.